The van der Waals surface area contributed by atoms with E-state index in [1.807, 2.05) is 0 Å². The molecule has 0 unspecified atom stereocenters. The molecular formula is C12H11NO3S. The highest BCUT2D eigenvalue weighted by Gasteiger charge is 2.30. The fourth-order valence-electron chi connectivity index (χ4n) is 1.58. The van der Waals surface area contributed by atoms with Crippen LogP contribution in [0, 0.1) is 17.2 Å². The third kappa shape index (κ3) is 2.53. The van der Waals surface area contributed by atoms with E-state index >= 15 is 0 Å². The van der Waals surface area contributed by atoms with Gasteiger partial charge in [0.2, 0.25) is 0 Å². The number of ketones is 1. The zero-order valence-corrected chi connectivity index (χ0v) is 9.90. The minimum absolute atomic E-state index is 0.0780. The second-order valence-corrected chi connectivity index (χ2v) is 6.07. The van der Waals surface area contributed by atoms with E-state index in [0.717, 1.165) is 12.8 Å². The third-order valence-corrected chi connectivity index (χ3v) is 4.20. The Balaban J connectivity index is 2.24. The van der Waals surface area contributed by atoms with Gasteiger partial charge in [-0.25, -0.2) is 8.42 Å². The number of carbonyl (C=O) groups is 1. The van der Waals surface area contributed by atoms with E-state index in [1.54, 1.807) is 6.07 Å². The molecule has 0 bridgehead atoms. The monoisotopic (exact) mass is 249 g/mol. The highest BCUT2D eigenvalue weighted by atomic mass is 32.2. The molecular weight excluding hydrogens is 238 g/mol. The molecule has 1 aliphatic carbocycles. The SMILES string of the molecule is N#CCS(=O)(=O)c1ccc(C(=O)C2CC2)cc1. The molecule has 0 amide bonds. The minimum atomic E-state index is -3.53. The van der Waals surface area contributed by atoms with E-state index in [4.69, 9.17) is 5.26 Å². The maximum Gasteiger partial charge on any atom is 0.191 e. The lowest BCUT2D eigenvalue weighted by Crippen LogP contribution is -2.06. The molecule has 5 heteroatoms. The van der Waals surface area contributed by atoms with Crippen LogP contribution in [0.25, 0.3) is 0 Å². The van der Waals surface area contributed by atoms with Crippen LogP contribution in [0.1, 0.15) is 23.2 Å². The molecule has 1 aromatic carbocycles. The van der Waals surface area contributed by atoms with Crippen LogP contribution in [0.3, 0.4) is 0 Å². The largest absolute Gasteiger partial charge is 0.294 e. The maximum atomic E-state index is 11.7. The Hall–Kier alpha value is -1.67. The van der Waals surface area contributed by atoms with Gasteiger partial charge in [0, 0.05) is 11.5 Å². The number of rotatable bonds is 4. The van der Waals surface area contributed by atoms with Crippen molar-refractivity contribution in [1.82, 2.24) is 0 Å². The highest BCUT2D eigenvalue weighted by Crippen LogP contribution is 2.32. The number of benzene rings is 1. The molecule has 0 atom stereocenters. The molecule has 2 rings (SSSR count). The van der Waals surface area contributed by atoms with Crippen LogP contribution in [-0.2, 0) is 9.84 Å². The summed E-state index contributed by atoms with van der Waals surface area (Å²) in [6, 6.07) is 7.44. The summed E-state index contributed by atoms with van der Waals surface area (Å²) in [6.45, 7) is 0. The summed E-state index contributed by atoms with van der Waals surface area (Å²) in [5, 5.41) is 8.40. The van der Waals surface area contributed by atoms with Gasteiger partial charge in [-0.2, -0.15) is 5.26 Å². The van der Waals surface area contributed by atoms with Crippen molar-refractivity contribution >= 4 is 15.6 Å². The second kappa shape index (κ2) is 4.30. The van der Waals surface area contributed by atoms with Gasteiger partial charge in [0.25, 0.3) is 0 Å². The molecule has 1 saturated carbocycles. The summed E-state index contributed by atoms with van der Waals surface area (Å²) in [7, 11) is -3.53. The quantitative estimate of drug-likeness (QED) is 0.759. The molecule has 1 aromatic rings. The summed E-state index contributed by atoms with van der Waals surface area (Å²) in [4.78, 5) is 11.8. The lowest BCUT2D eigenvalue weighted by molar-refractivity contribution is 0.0967. The average Bonchev–Trinajstić information content (AvgIpc) is 3.12. The van der Waals surface area contributed by atoms with Crippen molar-refractivity contribution in [3.63, 3.8) is 0 Å². The summed E-state index contributed by atoms with van der Waals surface area (Å²) in [6.07, 6.45) is 1.85. The van der Waals surface area contributed by atoms with E-state index in [-0.39, 0.29) is 16.6 Å². The molecule has 4 nitrogen and oxygen atoms in total. The fourth-order valence-corrected chi connectivity index (χ4v) is 2.46. The number of hydrogen-bond donors (Lipinski definition) is 0. The normalized spacial score (nSPS) is 15.2. The first kappa shape index (κ1) is 11.8. The molecule has 88 valence electrons. The van der Waals surface area contributed by atoms with Gasteiger partial charge in [-0.3, -0.25) is 4.79 Å². The Kier molecular flexibility index (Phi) is 2.99. The molecule has 0 aliphatic heterocycles. The van der Waals surface area contributed by atoms with Crippen molar-refractivity contribution in [2.45, 2.75) is 17.7 Å². The Bertz CT molecular complexity index is 577. The second-order valence-electron chi connectivity index (χ2n) is 4.08. The van der Waals surface area contributed by atoms with Crippen LogP contribution >= 0.6 is 0 Å². The predicted octanol–water partition coefficient (Wildman–Crippen LogP) is 1.58. The number of sulfone groups is 1. The van der Waals surface area contributed by atoms with Crippen LogP contribution in [0.4, 0.5) is 0 Å². The molecule has 1 fully saturated rings. The lowest BCUT2D eigenvalue weighted by atomic mass is 10.1. The third-order valence-electron chi connectivity index (χ3n) is 2.70. The topological polar surface area (TPSA) is 75.0 Å². The Morgan fingerprint density at radius 1 is 1.29 bits per heavy atom. The highest BCUT2D eigenvalue weighted by molar-refractivity contribution is 7.91. The first-order valence-corrected chi connectivity index (χ1v) is 6.94. The minimum Gasteiger partial charge on any atom is -0.294 e. The van der Waals surface area contributed by atoms with Crippen molar-refractivity contribution < 1.29 is 13.2 Å². The van der Waals surface area contributed by atoms with Crippen LogP contribution in [-0.4, -0.2) is 20.0 Å². The van der Waals surface area contributed by atoms with Crippen LogP contribution in [0.15, 0.2) is 29.2 Å². The number of carbonyl (C=O) groups excluding carboxylic acids is 1. The van der Waals surface area contributed by atoms with E-state index in [9.17, 15) is 13.2 Å². The summed E-state index contributed by atoms with van der Waals surface area (Å²) >= 11 is 0. The van der Waals surface area contributed by atoms with E-state index < -0.39 is 15.6 Å². The fraction of sp³-hybridized carbons (Fsp3) is 0.333. The van der Waals surface area contributed by atoms with Gasteiger partial charge in [0.1, 0.15) is 5.75 Å². The number of nitrogens with zero attached hydrogens (tertiary/aromatic N) is 1. The Labute approximate surface area is 99.8 Å². The molecule has 0 N–H and O–H groups in total. The standard InChI is InChI=1S/C12H11NO3S/c13-7-8-17(15,16)11-5-3-10(4-6-11)12(14)9-1-2-9/h3-6,9H,1-2,8H2. The maximum absolute atomic E-state index is 11.7. The van der Waals surface area contributed by atoms with Gasteiger partial charge < -0.3 is 0 Å². The molecule has 0 aromatic heterocycles. The zero-order valence-electron chi connectivity index (χ0n) is 9.09. The number of hydrogen-bond acceptors (Lipinski definition) is 4. The van der Waals surface area contributed by atoms with Crippen LogP contribution in [0.2, 0.25) is 0 Å². The van der Waals surface area contributed by atoms with Crippen molar-refractivity contribution in [2.24, 2.45) is 5.92 Å². The molecule has 17 heavy (non-hydrogen) atoms. The van der Waals surface area contributed by atoms with E-state index in [0.29, 0.717) is 5.56 Å². The van der Waals surface area contributed by atoms with Crippen LogP contribution in [0.5, 0.6) is 0 Å². The van der Waals surface area contributed by atoms with Crippen LogP contribution < -0.4 is 0 Å². The van der Waals surface area contributed by atoms with E-state index in [1.165, 1.54) is 24.3 Å². The van der Waals surface area contributed by atoms with Gasteiger partial charge >= 0.3 is 0 Å². The van der Waals surface area contributed by atoms with E-state index in [2.05, 4.69) is 0 Å². The Morgan fingerprint density at radius 2 is 1.88 bits per heavy atom. The van der Waals surface area contributed by atoms with Crippen molar-refractivity contribution in [1.29, 1.82) is 5.26 Å². The van der Waals surface area contributed by atoms with Gasteiger partial charge in [-0.1, -0.05) is 12.1 Å². The molecule has 0 heterocycles. The summed E-state index contributed by atoms with van der Waals surface area (Å²) < 4.78 is 23.1. The first-order chi connectivity index (χ1) is 8.04. The van der Waals surface area contributed by atoms with Crippen molar-refractivity contribution in [3.8, 4) is 6.07 Å². The molecule has 0 radical (unpaired) electrons. The molecule has 0 saturated heterocycles. The molecule has 0 spiro atoms. The Morgan fingerprint density at radius 3 is 2.35 bits per heavy atom. The van der Waals surface area contributed by atoms with Gasteiger partial charge in [-0.15, -0.1) is 0 Å². The van der Waals surface area contributed by atoms with Gasteiger partial charge in [0.05, 0.1) is 11.0 Å². The van der Waals surface area contributed by atoms with Gasteiger partial charge in [0.15, 0.2) is 15.6 Å². The van der Waals surface area contributed by atoms with Crippen molar-refractivity contribution in [3.05, 3.63) is 29.8 Å². The smallest absolute Gasteiger partial charge is 0.191 e. The average molecular weight is 249 g/mol. The zero-order chi connectivity index (χ0) is 12.5. The number of Topliss-reactive ketones (excluding diaryl/α,β-unsaturated/α-hetero) is 1. The summed E-state index contributed by atoms with van der Waals surface area (Å²) in [5.41, 5.74) is 0.545. The molecule has 1 aliphatic rings. The lowest BCUT2D eigenvalue weighted by Gasteiger charge is -2.02. The number of nitriles is 1. The van der Waals surface area contributed by atoms with Crippen molar-refractivity contribution in [2.75, 3.05) is 5.75 Å². The summed E-state index contributed by atoms with van der Waals surface area (Å²) in [5.74, 6) is -0.339. The van der Waals surface area contributed by atoms with Gasteiger partial charge in [-0.05, 0) is 25.0 Å². The first-order valence-electron chi connectivity index (χ1n) is 5.28. The predicted molar refractivity (Wildman–Crippen MR) is 61.2 cm³/mol.